The van der Waals surface area contributed by atoms with Crippen LogP contribution in [-0.2, 0) is 23.1 Å². The maximum Gasteiger partial charge on any atom is 0.331 e. The van der Waals surface area contributed by atoms with Crippen LogP contribution >= 0.6 is 0 Å². The maximum atomic E-state index is 11.5. The number of nitrogens with zero attached hydrogens (tertiary/aromatic N) is 3. The van der Waals surface area contributed by atoms with Crippen molar-refractivity contribution < 1.29 is 14.7 Å². The molecule has 1 saturated carbocycles. The average molecular weight is 251 g/mol. The Morgan fingerprint density at radius 2 is 2.39 bits per heavy atom. The molecule has 0 aliphatic heterocycles. The molecular formula is C12H17N3O3. The van der Waals surface area contributed by atoms with Gasteiger partial charge in [0.15, 0.2) is 6.04 Å². The first kappa shape index (κ1) is 12.6. The third-order valence-corrected chi connectivity index (χ3v) is 3.19. The van der Waals surface area contributed by atoms with Gasteiger partial charge in [0.2, 0.25) is 6.41 Å². The number of aryl methyl sites for hydroxylation is 2. The third kappa shape index (κ3) is 2.23. The molecule has 1 aromatic heterocycles. The van der Waals surface area contributed by atoms with E-state index in [1.165, 1.54) is 4.90 Å². The molecule has 98 valence electrons. The lowest BCUT2D eigenvalue weighted by Crippen LogP contribution is -2.35. The highest BCUT2D eigenvalue weighted by atomic mass is 16.4. The highest BCUT2D eigenvalue weighted by Crippen LogP contribution is 2.34. The van der Waals surface area contributed by atoms with Crippen LogP contribution < -0.4 is 0 Å². The summed E-state index contributed by atoms with van der Waals surface area (Å²) in [6, 6.07) is -0.854. The Hall–Kier alpha value is -1.85. The van der Waals surface area contributed by atoms with Crippen LogP contribution in [0.5, 0.6) is 0 Å². The van der Waals surface area contributed by atoms with E-state index in [0.717, 1.165) is 18.5 Å². The van der Waals surface area contributed by atoms with Crippen LogP contribution in [0.1, 0.15) is 37.1 Å². The molecular weight excluding hydrogens is 234 g/mol. The highest BCUT2D eigenvalue weighted by molar-refractivity contribution is 5.78. The Morgan fingerprint density at radius 1 is 1.72 bits per heavy atom. The van der Waals surface area contributed by atoms with Crippen molar-refractivity contribution in [3.8, 4) is 0 Å². The topological polar surface area (TPSA) is 75.4 Å². The molecule has 1 aromatic rings. The Morgan fingerprint density at radius 3 is 2.83 bits per heavy atom. The summed E-state index contributed by atoms with van der Waals surface area (Å²) >= 11 is 0. The molecule has 1 N–H and O–H groups in total. The summed E-state index contributed by atoms with van der Waals surface area (Å²) in [7, 11) is 1.75. The molecule has 2 rings (SSSR count). The van der Waals surface area contributed by atoms with Crippen molar-refractivity contribution in [3.05, 3.63) is 17.5 Å². The van der Waals surface area contributed by atoms with Crippen molar-refractivity contribution in [1.29, 1.82) is 0 Å². The van der Waals surface area contributed by atoms with Crippen molar-refractivity contribution in [3.63, 3.8) is 0 Å². The summed E-state index contributed by atoms with van der Waals surface area (Å²) in [6.07, 6.45) is 4.74. The van der Waals surface area contributed by atoms with Crippen LogP contribution in [0.2, 0.25) is 0 Å². The number of hydrogen-bond acceptors (Lipinski definition) is 3. The zero-order chi connectivity index (χ0) is 13.3. The van der Waals surface area contributed by atoms with Crippen molar-refractivity contribution in [2.45, 2.75) is 38.3 Å². The number of carboxylic acid groups (broad SMARTS) is 1. The second kappa shape index (κ2) is 4.80. The predicted molar refractivity (Wildman–Crippen MR) is 63.9 cm³/mol. The van der Waals surface area contributed by atoms with Gasteiger partial charge in [-0.3, -0.25) is 9.48 Å². The fourth-order valence-electron chi connectivity index (χ4n) is 2.21. The van der Waals surface area contributed by atoms with Crippen molar-refractivity contribution in [2.75, 3.05) is 0 Å². The molecule has 0 bridgehead atoms. The molecule has 1 heterocycles. The van der Waals surface area contributed by atoms with Gasteiger partial charge in [-0.25, -0.2) is 4.79 Å². The molecule has 1 amide bonds. The molecule has 0 saturated heterocycles. The van der Waals surface area contributed by atoms with Crippen LogP contribution in [0.25, 0.3) is 0 Å². The number of aromatic nitrogens is 2. The molecule has 0 spiro atoms. The molecule has 1 atom stereocenters. The molecule has 1 unspecified atom stereocenters. The number of carbonyl (C=O) groups excluding carboxylic acids is 1. The van der Waals surface area contributed by atoms with Crippen LogP contribution in [0.3, 0.4) is 0 Å². The molecule has 6 heteroatoms. The first-order valence-corrected chi connectivity index (χ1v) is 6.06. The number of rotatable bonds is 6. The van der Waals surface area contributed by atoms with Crippen molar-refractivity contribution in [1.82, 2.24) is 14.7 Å². The first-order chi connectivity index (χ1) is 8.58. The predicted octanol–water partition coefficient (Wildman–Crippen LogP) is 0.729. The second-order valence-electron chi connectivity index (χ2n) is 4.58. The monoisotopic (exact) mass is 251 g/mol. The van der Waals surface area contributed by atoms with Crippen molar-refractivity contribution in [2.24, 2.45) is 7.05 Å². The number of carbonyl (C=O) groups is 2. The zero-order valence-electron chi connectivity index (χ0n) is 10.5. The minimum Gasteiger partial charge on any atom is -0.479 e. The third-order valence-electron chi connectivity index (χ3n) is 3.19. The lowest BCUT2D eigenvalue weighted by Gasteiger charge is -2.24. The average Bonchev–Trinajstić information content (AvgIpc) is 3.09. The molecule has 6 nitrogen and oxygen atoms in total. The van der Waals surface area contributed by atoms with E-state index in [4.69, 9.17) is 0 Å². The lowest BCUT2D eigenvalue weighted by atomic mass is 10.1. The van der Waals surface area contributed by atoms with Crippen LogP contribution in [0.15, 0.2) is 6.20 Å². The number of amides is 1. The molecule has 1 aliphatic rings. The van der Waals surface area contributed by atoms with Gasteiger partial charge in [-0.1, -0.05) is 6.92 Å². The second-order valence-corrected chi connectivity index (χ2v) is 4.58. The molecule has 18 heavy (non-hydrogen) atoms. The lowest BCUT2D eigenvalue weighted by molar-refractivity contribution is -0.147. The summed E-state index contributed by atoms with van der Waals surface area (Å²) in [5, 5.41) is 13.6. The Balaban J connectivity index is 2.39. The van der Waals surface area contributed by atoms with Gasteiger partial charge in [-0.15, -0.1) is 0 Å². The van der Waals surface area contributed by atoms with E-state index in [1.54, 1.807) is 17.9 Å². The van der Waals surface area contributed by atoms with E-state index in [9.17, 15) is 14.7 Å². The van der Waals surface area contributed by atoms with Crippen molar-refractivity contribution >= 4 is 12.4 Å². The fourth-order valence-corrected chi connectivity index (χ4v) is 2.21. The highest BCUT2D eigenvalue weighted by Gasteiger charge is 2.39. The Labute approximate surface area is 105 Å². The smallest absolute Gasteiger partial charge is 0.331 e. The zero-order valence-corrected chi connectivity index (χ0v) is 10.5. The van der Waals surface area contributed by atoms with E-state index in [-0.39, 0.29) is 6.04 Å². The van der Waals surface area contributed by atoms with E-state index in [2.05, 4.69) is 5.10 Å². The summed E-state index contributed by atoms with van der Waals surface area (Å²) in [6.45, 7) is 1.92. The molecule has 1 aliphatic carbocycles. The minimum atomic E-state index is -1.00. The minimum absolute atomic E-state index is 0.0634. The van der Waals surface area contributed by atoms with Gasteiger partial charge in [0, 0.05) is 24.8 Å². The SMILES string of the molecule is CCc1nn(C)cc1C(C(=O)O)N(C=O)C1CC1. The molecule has 0 radical (unpaired) electrons. The quantitative estimate of drug-likeness (QED) is 0.756. The standard InChI is InChI=1S/C12H17N3O3/c1-3-10-9(6-14(2)13-10)11(12(17)18)15(7-16)8-4-5-8/h6-8,11H,3-5H2,1-2H3,(H,17,18). The Bertz CT molecular complexity index is 465. The normalized spacial score (nSPS) is 16.3. The summed E-state index contributed by atoms with van der Waals surface area (Å²) in [5.41, 5.74) is 1.35. The number of aliphatic carboxylic acids is 1. The van der Waals surface area contributed by atoms with Gasteiger partial charge in [0.25, 0.3) is 0 Å². The summed E-state index contributed by atoms with van der Waals surface area (Å²) in [4.78, 5) is 24.0. The van der Waals surface area contributed by atoms with E-state index < -0.39 is 12.0 Å². The van der Waals surface area contributed by atoms with Gasteiger partial charge in [-0.2, -0.15) is 5.10 Å². The number of carboxylic acids is 1. The largest absolute Gasteiger partial charge is 0.479 e. The fraction of sp³-hybridized carbons (Fsp3) is 0.583. The van der Waals surface area contributed by atoms with Gasteiger partial charge >= 0.3 is 5.97 Å². The maximum absolute atomic E-state index is 11.5. The van der Waals surface area contributed by atoms with Gasteiger partial charge in [-0.05, 0) is 19.3 Å². The molecule has 0 aromatic carbocycles. The van der Waals surface area contributed by atoms with Gasteiger partial charge in [0.05, 0.1) is 5.69 Å². The first-order valence-electron chi connectivity index (χ1n) is 6.06. The molecule has 1 fully saturated rings. The summed E-state index contributed by atoms with van der Waals surface area (Å²) in [5.74, 6) is -1.00. The summed E-state index contributed by atoms with van der Waals surface area (Å²) < 4.78 is 1.60. The number of hydrogen-bond donors (Lipinski definition) is 1. The van der Waals surface area contributed by atoms with Crippen LogP contribution in [-0.4, -0.2) is 38.2 Å². The van der Waals surface area contributed by atoms with Gasteiger partial charge < -0.3 is 10.0 Å². The van der Waals surface area contributed by atoms with Crippen LogP contribution in [0, 0.1) is 0 Å². The Kier molecular flexibility index (Phi) is 3.36. The van der Waals surface area contributed by atoms with E-state index >= 15 is 0 Å². The van der Waals surface area contributed by atoms with E-state index in [1.807, 2.05) is 6.92 Å². The van der Waals surface area contributed by atoms with Crippen LogP contribution in [0.4, 0.5) is 0 Å². The van der Waals surface area contributed by atoms with Gasteiger partial charge in [0.1, 0.15) is 0 Å². The van der Waals surface area contributed by atoms with E-state index in [0.29, 0.717) is 18.4 Å².